The van der Waals surface area contributed by atoms with Gasteiger partial charge in [-0.25, -0.2) is 4.39 Å². The van der Waals surface area contributed by atoms with Crippen molar-refractivity contribution in [3.8, 4) is 0 Å². The molecule has 7 heteroatoms. The molecule has 0 radical (unpaired) electrons. The van der Waals surface area contributed by atoms with E-state index in [0.29, 0.717) is 29.6 Å². The zero-order valence-electron chi connectivity index (χ0n) is 17.9. The summed E-state index contributed by atoms with van der Waals surface area (Å²) in [5.41, 5.74) is 3.08. The Morgan fingerprint density at radius 2 is 1.62 bits per heavy atom. The highest BCUT2D eigenvalue weighted by Crippen LogP contribution is 2.34. The minimum atomic E-state index is -0.321. The Hall–Kier alpha value is -2.86. The quantitative estimate of drug-likeness (QED) is 0.562. The maximum Gasteiger partial charge on any atom is 0.257 e. The van der Waals surface area contributed by atoms with Crippen molar-refractivity contribution in [1.82, 2.24) is 9.88 Å². The van der Waals surface area contributed by atoms with Crippen LogP contribution in [0.4, 0.5) is 15.8 Å². The van der Waals surface area contributed by atoms with Crippen LogP contribution in [0.15, 0.2) is 48.7 Å². The summed E-state index contributed by atoms with van der Waals surface area (Å²) in [6, 6.07) is 12.5. The summed E-state index contributed by atoms with van der Waals surface area (Å²) in [6.07, 6.45) is 4.87. The van der Waals surface area contributed by atoms with Gasteiger partial charge in [0.05, 0.1) is 27.5 Å². The largest absolute Gasteiger partial charge is 0.367 e. The van der Waals surface area contributed by atoms with E-state index in [4.69, 9.17) is 11.6 Å². The van der Waals surface area contributed by atoms with Crippen molar-refractivity contribution in [2.45, 2.75) is 19.3 Å². The molecule has 2 aliphatic heterocycles. The molecule has 2 saturated heterocycles. The Morgan fingerprint density at radius 1 is 0.906 bits per heavy atom. The van der Waals surface area contributed by atoms with Crippen LogP contribution in [0, 0.1) is 5.82 Å². The minimum absolute atomic E-state index is 0.00750. The fourth-order valence-electron chi connectivity index (χ4n) is 4.79. The molecule has 0 saturated carbocycles. The predicted molar refractivity (Wildman–Crippen MR) is 127 cm³/mol. The number of hydrogen-bond acceptors (Lipinski definition) is 4. The number of anilines is 2. The number of para-hydroxylation sites is 1. The van der Waals surface area contributed by atoms with Gasteiger partial charge in [-0.1, -0.05) is 23.7 Å². The summed E-state index contributed by atoms with van der Waals surface area (Å²) in [5, 5.41) is 1.43. The topological polar surface area (TPSA) is 39.7 Å². The van der Waals surface area contributed by atoms with Gasteiger partial charge in [-0.05, 0) is 49.6 Å². The van der Waals surface area contributed by atoms with E-state index in [-0.39, 0.29) is 11.7 Å². The number of benzene rings is 2. The standard InChI is InChI=1S/C25H26ClFN4O/c26-21-6-2-3-7-23(21)29-12-14-30(15-13-29)24-19-16-18(27)8-9-22(19)28-17-20(24)25(32)31-10-4-1-5-11-31/h2-3,6-9,16-17H,1,4-5,10-15H2. The zero-order chi connectivity index (χ0) is 22.1. The summed E-state index contributed by atoms with van der Waals surface area (Å²) < 4.78 is 14.2. The minimum Gasteiger partial charge on any atom is -0.367 e. The van der Waals surface area contributed by atoms with Crippen molar-refractivity contribution < 1.29 is 9.18 Å². The fraction of sp³-hybridized carbons (Fsp3) is 0.360. The molecule has 3 aromatic rings. The van der Waals surface area contributed by atoms with Crippen LogP contribution in [-0.4, -0.2) is 55.1 Å². The molecule has 1 amide bonds. The number of likely N-dealkylation sites (tertiary alicyclic amines) is 1. The Kier molecular flexibility index (Phi) is 5.87. The molecule has 0 atom stereocenters. The highest BCUT2D eigenvalue weighted by atomic mass is 35.5. The molecule has 0 bridgehead atoms. The number of carbonyl (C=O) groups excluding carboxylic acids is 1. The van der Waals surface area contributed by atoms with Gasteiger partial charge in [0.1, 0.15) is 5.82 Å². The highest BCUT2D eigenvalue weighted by molar-refractivity contribution is 6.33. The lowest BCUT2D eigenvalue weighted by Crippen LogP contribution is -2.47. The van der Waals surface area contributed by atoms with E-state index in [1.165, 1.54) is 12.1 Å². The molecule has 0 unspecified atom stereocenters. The maximum absolute atomic E-state index is 14.2. The van der Waals surface area contributed by atoms with E-state index in [1.807, 2.05) is 29.2 Å². The molecule has 5 rings (SSSR count). The average Bonchev–Trinajstić information content (AvgIpc) is 2.84. The summed E-state index contributed by atoms with van der Waals surface area (Å²) in [6.45, 7) is 4.47. The Morgan fingerprint density at radius 3 is 2.38 bits per heavy atom. The molecule has 0 aliphatic carbocycles. The zero-order valence-corrected chi connectivity index (χ0v) is 18.7. The molecule has 2 aliphatic rings. The molecule has 32 heavy (non-hydrogen) atoms. The van der Waals surface area contributed by atoms with Crippen molar-refractivity contribution >= 4 is 39.8 Å². The number of piperazine rings is 1. The second-order valence-corrected chi connectivity index (χ2v) is 8.87. The van der Waals surface area contributed by atoms with E-state index in [0.717, 1.165) is 61.8 Å². The van der Waals surface area contributed by atoms with Gasteiger partial charge in [0, 0.05) is 50.9 Å². The van der Waals surface area contributed by atoms with Crippen LogP contribution in [-0.2, 0) is 0 Å². The lowest BCUT2D eigenvalue weighted by Gasteiger charge is -2.39. The molecule has 2 fully saturated rings. The lowest BCUT2D eigenvalue weighted by molar-refractivity contribution is 0.0724. The SMILES string of the molecule is O=C(c1cnc2ccc(F)cc2c1N1CCN(c2ccccc2Cl)CC1)N1CCCCC1. The third-order valence-electron chi connectivity index (χ3n) is 6.46. The molecule has 0 spiro atoms. The van der Waals surface area contributed by atoms with E-state index in [2.05, 4.69) is 14.8 Å². The van der Waals surface area contributed by atoms with E-state index >= 15 is 0 Å². The Bertz CT molecular complexity index is 1140. The first-order valence-corrected chi connectivity index (χ1v) is 11.6. The van der Waals surface area contributed by atoms with Gasteiger partial charge >= 0.3 is 0 Å². The third kappa shape index (κ3) is 3.99. The lowest BCUT2D eigenvalue weighted by atomic mass is 10.0. The van der Waals surface area contributed by atoms with Crippen molar-refractivity contribution in [1.29, 1.82) is 0 Å². The van der Waals surface area contributed by atoms with Gasteiger partial charge in [-0.15, -0.1) is 0 Å². The molecule has 2 aromatic carbocycles. The number of fused-ring (bicyclic) bond motifs is 1. The average molecular weight is 453 g/mol. The van der Waals surface area contributed by atoms with Crippen LogP contribution in [0.5, 0.6) is 0 Å². The van der Waals surface area contributed by atoms with E-state index in [9.17, 15) is 9.18 Å². The number of piperidine rings is 1. The number of aromatic nitrogens is 1. The first-order valence-electron chi connectivity index (χ1n) is 11.2. The van der Waals surface area contributed by atoms with E-state index < -0.39 is 0 Å². The first kappa shape index (κ1) is 21.0. The third-order valence-corrected chi connectivity index (χ3v) is 6.78. The van der Waals surface area contributed by atoms with Crippen LogP contribution in [0.2, 0.25) is 5.02 Å². The summed E-state index contributed by atoms with van der Waals surface area (Å²) in [4.78, 5) is 24.3. The van der Waals surface area contributed by atoms with Gasteiger partial charge in [0.15, 0.2) is 0 Å². The van der Waals surface area contributed by atoms with Crippen LogP contribution in [0.3, 0.4) is 0 Å². The molecule has 1 aromatic heterocycles. The number of hydrogen-bond donors (Lipinski definition) is 0. The maximum atomic E-state index is 14.2. The van der Waals surface area contributed by atoms with Crippen LogP contribution >= 0.6 is 11.6 Å². The smallest absolute Gasteiger partial charge is 0.257 e. The molecule has 3 heterocycles. The van der Waals surface area contributed by atoms with Crippen molar-refractivity contribution in [2.75, 3.05) is 49.1 Å². The number of nitrogens with zero attached hydrogens (tertiary/aromatic N) is 4. The number of halogens is 2. The van der Waals surface area contributed by atoms with Crippen LogP contribution in [0.1, 0.15) is 29.6 Å². The Labute approximate surface area is 192 Å². The second-order valence-electron chi connectivity index (χ2n) is 8.46. The normalized spacial score (nSPS) is 17.1. The molecule has 5 nitrogen and oxygen atoms in total. The highest BCUT2D eigenvalue weighted by Gasteiger charge is 2.28. The van der Waals surface area contributed by atoms with Gasteiger partial charge in [0.25, 0.3) is 5.91 Å². The summed E-state index contributed by atoms with van der Waals surface area (Å²) in [5.74, 6) is -0.329. The molecular formula is C25H26ClFN4O. The van der Waals surface area contributed by atoms with Crippen molar-refractivity contribution in [3.63, 3.8) is 0 Å². The second kappa shape index (κ2) is 8.94. The van der Waals surface area contributed by atoms with Crippen molar-refractivity contribution in [2.24, 2.45) is 0 Å². The predicted octanol–water partition coefficient (Wildman–Crippen LogP) is 4.98. The van der Waals surface area contributed by atoms with E-state index in [1.54, 1.807) is 12.3 Å². The Balaban J connectivity index is 1.50. The van der Waals surface area contributed by atoms with Crippen molar-refractivity contribution in [3.05, 3.63) is 65.1 Å². The molecular weight excluding hydrogens is 427 g/mol. The molecule has 166 valence electrons. The van der Waals surface area contributed by atoms with Crippen LogP contribution in [0.25, 0.3) is 10.9 Å². The number of pyridine rings is 1. The fourth-order valence-corrected chi connectivity index (χ4v) is 5.05. The van der Waals surface area contributed by atoms with Gasteiger partial charge in [0.2, 0.25) is 0 Å². The molecule has 0 N–H and O–H groups in total. The monoisotopic (exact) mass is 452 g/mol. The summed E-state index contributed by atoms with van der Waals surface area (Å²) in [7, 11) is 0. The van der Waals surface area contributed by atoms with Crippen LogP contribution < -0.4 is 9.80 Å². The first-order chi connectivity index (χ1) is 15.6. The van der Waals surface area contributed by atoms with Gasteiger partial charge < -0.3 is 14.7 Å². The number of carbonyl (C=O) groups is 1. The van der Waals surface area contributed by atoms with Gasteiger partial charge in [-0.3, -0.25) is 9.78 Å². The summed E-state index contributed by atoms with van der Waals surface area (Å²) >= 11 is 6.40. The number of amides is 1. The van der Waals surface area contributed by atoms with Gasteiger partial charge in [-0.2, -0.15) is 0 Å². The number of rotatable bonds is 3.